The summed E-state index contributed by atoms with van der Waals surface area (Å²) in [6, 6.07) is 5.10. The number of hydrogen-bond acceptors (Lipinski definition) is 3. The minimum Gasteiger partial charge on any atom is -0.382 e. The van der Waals surface area contributed by atoms with E-state index in [1.54, 1.807) is 14.2 Å². The Morgan fingerprint density at radius 3 is 2.26 bits per heavy atom. The predicted octanol–water partition coefficient (Wildman–Crippen LogP) is 2.46. The Morgan fingerprint density at radius 1 is 1.16 bits per heavy atom. The zero-order valence-electron chi connectivity index (χ0n) is 11.0. The van der Waals surface area contributed by atoms with Crippen molar-refractivity contribution in [2.75, 3.05) is 27.4 Å². The highest BCUT2D eigenvalue weighted by atomic mass is 19.4. The average Bonchev–Trinajstić information content (AvgIpc) is 2.37. The van der Waals surface area contributed by atoms with Gasteiger partial charge in [-0.2, -0.15) is 13.2 Å². The van der Waals surface area contributed by atoms with Crippen LogP contribution in [-0.4, -0.2) is 33.5 Å². The van der Waals surface area contributed by atoms with Gasteiger partial charge in [0, 0.05) is 27.3 Å². The molecule has 1 N–H and O–H groups in total. The van der Waals surface area contributed by atoms with Crippen LogP contribution in [0.3, 0.4) is 0 Å². The maximum atomic E-state index is 12.4. The van der Waals surface area contributed by atoms with Crippen molar-refractivity contribution in [2.45, 2.75) is 18.8 Å². The van der Waals surface area contributed by atoms with Crippen molar-refractivity contribution < 1.29 is 22.6 Å². The molecule has 0 saturated heterocycles. The van der Waals surface area contributed by atoms with Crippen molar-refractivity contribution in [3.63, 3.8) is 0 Å². The highest BCUT2D eigenvalue weighted by molar-refractivity contribution is 5.24. The van der Waals surface area contributed by atoms with Crippen molar-refractivity contribution in [3.8, 4) is 0 Å². The second-order valence-corrected chi connectivity index (χ2v) is 4.14. The minimum atomic E-state index is -4.29. The first-order chi connectivity index (χ1) is 8.97. The molecule has 3 nitrogen and oxygen atoms in total. The third-order valence-electron chi connectivity index (χ3n) is 2.67. The fourth-order valence-corrected chi connectivity index (χ4v) is 1.59. The smallest absolute Gasteiger partial charge is 0.382 e. The minimum absolute atomic E-state index is 0.0700. The molecule has 1 rings (SSSR count). The van der Waals surface area contributed by atoms with Crippen LogP contribution in [0.2, 0.25) is 0 Å². The topological polar surface area (TPSA) is 30.5 Å². The first kappa shape index (κ1) is 15.9. The molecule has 0 amide bonds. The molecular formula is C13H18F3NO2. The van der Waals surface area contributed by atoms with E-state index >= 15 is 0 Å². The molecule has 108 valence electrons. The van der Waals surface area contributed by atoms with E-state index in [2.05, 4.69) is 5.32 Å². The number of ether oxygens (including phenoxy) is 2. The molecule has 0 aliphatic heterocycles. The Balaban J connectivity index is 2.42. The van der Waals surface area contributed by atoms with Gasteiger partial charge in [0.2, 0.25) is 0 Å². The monoisotopic (exact) mass is 277 g/mol. The molecule has 0 heterocycles. The summed E-state index contributed by atoms with van der Waals surface area (Å²) >= 11 is 0. The Kier molecular flexibility index (Phi) is 6.27. The van der Waals surface area contributed by atoms with Gasteiger partial charge in [-0.05, 0) is 17.7 Å². The number of nitrogens with one attached hydrogen (secondary N) is 1. The number of methoxy groups -OCH3 is 2. The van der Waals surface area contributed by atoms with Crippen molar-refractivity contribution in [1.29, 1.82) is 0 Å². The van der Waals surface area contributed by atoms with Gasteiger partial charge in [0.05, 0.1) is 18.3 Å². The quantitative estimate of drug-likeness (QED) is 0.830. The lowest BCUT2D eigenvalue weighted by Gasteiger charge is -2.15. The highest BCUT2D eigenvalue weighted by Crippen LogP contribution is 2.28. The second-order valence-electron chi connectivity index (χ2n) is 4.14. The predicted molar refractivity (Wildman–Crippen MR) is 65.8 cm³/mol. The van der Waals surface area contributed by atoms with Gasteiger partial charge in [-0.25, -0.2) is 0 Å². The second kappa shape index (κ2) is 7.47. The lowest BCUT2D eigenvalue weighted by Crippen LogP contribution is -2.31. The normalized spacial score (nSPS) is 13.5. The Morgan fingerprint density at radius 2 is 1.79 bits per heavy atom. The Bertz CT molecular complexity index is 365. The number of rotatable bonds is 7. The molecule has 0 fully saturated rings. The largest absolute Gasteiger partial charge is 0.416 e. The molecule has 19 heavy (non-hydrogen) atoms. The SMILES string of the molecule is COCC(CNCc1ccc(C(F)(F)F)cc1)OC. The van der Waals surface area contributed by atoms with E-state index in [4.69, 9.17) is 9.47 Å². The van der Waals surface area contributed by atoms with E-state index in [0.29, 0.717) is 19.7 Å². The molecule has 1 unspecified atom stereocenters. The first-order valence-electron chi connectivity index (χ1n) is 5.86. The fraction of sp³-hybridized carbons (Fsp3) is 0.538. The molecule has 1 aromatic carbocycles. The maximum Gasteiger partial charge on any atom is 0.416 e. The molecule has 0 bridgehead atoms. The third-order valence-corrected chi connectivity index (χ3v) is 2.67. The van der Waals surface area contributed by atoms with Gasteiger partial charge in [-0.3, -0.25) is 0 Å². The summed E-state index contributed by atoms with van der Waals surface area (Å²) in [5, 5.41) is 3.11. The van der Waals surface area contributed by atoms with Crippen molar-refractivity contribution in [3.05, 3.63) is 35.4 Å². The van der Waals surface area contributed by atoms with Crippen LogP contribution in [0, 0.1) is 0 Å². The Hall–Kier alpha value is -1.11. The van der Waals surface area contributed by atoms with E-state index < -0.39 is 11.7 Å². The van der Waals surface area contributed by atoms with Crippen molar-refractivity contribution in [2.24, 2.45) is 0 Å². The number of alkyl halides is 3. The molecule has 0 aliphatic rings. The first-order valence-corrected chi connectivity index (χ1v) is 5.86. The number of benzene rings is 1. The molecule has 6 heteroatoms. The summed E-state index contributed by atoms with van der Waals surface area (Å²) in [5.74, 6) is 0. The lowest BCUT2D eigenvalue weighted by molar-refractivity contribution is -0.137. The van der Waals surface area contributed by atoms with Gasteiger partial charge in [0.25, 0.3) is 0 Å². The van der Waals surface area contributed by atoms with E-state index in [-0.39, 0.29) is 6.10 Å². The van der Waals surface area contributed by atoms with E-state index in [9.17, 15) is 13.2 Å². The number of halogens is 3. The number of hydrogen-bond donors (Lipinski definition) is 1. The van der Waals surface area contributed by atoms with Crippen LogP contribution in [0.1, 0.15) is 11.1 Å². The van der Waals surface area contributed by atoms with Gasteiger partial charge in [-0.15, -0.1) is 0 Å². The summed E-state index contributed by atoms with van der Waals surface area (Å²) in [7, 11) is 3.17. The highest BCUT2D eigenvalue weighted by Gasteiger charge is 2.29. The molecule has 0 saturated carbocycles. The summed E-state index contributed by atoms with van der Waals surface area (Å²) in [6.07, 6.45) is -4.36. The summed E-state index contributed by atoms with van der Waals surface area (Å²) in [4.78, 5) is 0. The average molecular weight is 277 g/mol. The molecule has 0 radical (unpaired) electrons. The summed E-state index contributed by atoms with van der Waals surface area (Å²) in [5.41, 5.74) is 0.158. The third kappa shape index (κ3) is 5.59. The zero-order chi connectivity index (χ0) is 14.3. The molecule has 0 aromatic heterocycles. The maximum absolute atomic E-state index is 12.4. The van der Waals surface area contributed by atoms with E-state index in [1.165, 1.54) is 12.1 Å². The molecule has 1 atom stereocenters. The van der Waals surface area contributed by atoms with E-state index in [1.807, 2.05) is 0 Å². The summed E-state index contributed by atoms with van der Waals surface area (Å²) < 4.78 is 47.2. The van der Waals surface area contributed by atoms with Gasteiger partial charge in [0.1, 0.15) is 0 Å². The van der Waals surface area contributed by atoms with Crippen molar-refractivity contribution in [1.82, 2.24) is 5.32 Å². The van der Waals surface area contributed by atoms with Gasteiger partial charge in [0.15, 0.2) is 0 Å². The Labute approximate surface area is 110 Å². The van der Waals surface area contributed by atoms with Gasteiger partial charge < -0.3 is 14.8 Å². The molecule has 0 aliphatic carbocycles. The van der Waals surface area contributed by atoms with Crippen LogP contribution in [0.4, 0.5) is 13.2 Å². The molecule has 0 spiro atoms. The lowest BCUT2D eigenvalue weighted by atomic mass is 10.1. The summed E-state index contributed by atoms with van der Waals surface area (Å²) in [6.45, 7) is 1.53. The van der Waals surface area contributed by atoms with Crippen LogP contribution < -0.4 is 5.32 Å². The fourth-order valence-electron chi connectivity index (χ4n) is 1.59. The standard InChI is InChI=1S/C13H18F3NO2/c1-18-9-12(19-2)8-17-7-10-3-5-11(6-4-10)13(14,15)16/h3-6,12,17H,7-9H2,1-2H3. The van der Waals surface area contributed by atoms with Gasteiger partial charge >= 0.3 is 6.18 Å². The van der Waals surface area contributed by atoms with Crippen LogP contribution >= 0.6 is 0 Å². The van der Waals surface area contributed by atoms with Crippen molar-refractivity contribution >= 4 is 0 Å². The zero-order valence-corrected chi connectivity index (χ0v) is 11.0. The van der Waals surface area contributed by atoms with Gasteiger partial charge in [-0.1, -0.05) is 12.1 Å². The molecular weight excluding hydrogens is 259 g/mol. The molecule has 1 aromatic rings. The van der Waals surface area contributed by atoms with Crippen LogP contribution in [-0.2, 0) is 22.2 Å². The van der Waals surface area contributed by atoms with Crippen LogP contribution in [0.5, 0.6) is 0 Å². The van der Waals surface area contributed by atoms with Crippen LogP contribution in [0.15, 0.2) is 24.3 Å². The van der Waals surface area contributed by atoms with Crippen LogP contribution in [0.25, 0.3) is 0 Å². The van der Waals surface area contributed by atoms with E-state index in [0.717, 1.165) is 17.7 Å².